The Morgan fingerprint density at radius 1 is 1.14 bits per heavy atom. The second-order valence-electron chi connectivity index (χ2n) is 7.04. The molecule has 4 rings (SSSR count). The van der Waals surface area contributed by atoms with Gasteiger partial charge in [-0.05, 0) is 25.2 Å². The predicted octanol–water partition coefficient (Wildman–Crippen LogP) is 2.51. The van der Waals surface area contributed by atoms with Crippen LogP contribution < -0.4 is 9.47 Å². The maximum Gasteiger partial charge on any atom is 0.416 e. The molecule has 0 spiro atoms. The summed E-state index contributed by atoms with van der Waals surface area (Å²) in [4.78, 5) is 2.15. The van der Waals surface area contributed by atoms with Gasteiger partial charge in [0, 0.05) is 25.1 Å². The SMILES string of the molecule is CN1CCOC(Cc2nnc(-c3ccc(C(F)(F)F)cc3O)c3c2OCCO3)C1. The molecule has 0 amide bonds. The van der Waals surface area contributed by atoms with Gasteiger partial charge in [-0.25, -0.2) is 0 Å². The predicted molar refractivity (Wildman–Crippen MR) is 96.1 cm³/mol. The number of benzene rings is 1. The van der Waals surface area contributed by atoms with Gasteiger partial charge in [-0.15, -0.1) is 5.10 Å². The van der Waals surface area contributed by atoms with Crippen molar-refractivity contribution in [1.82, 2.24) is 15.1 Å². The van der Waals surface area contributed by atoms with Crippen molar-refractivity contribution in [3.05, 3.63) is 29.5 Å². The molecule has 1 aromatic carbocycles. The zero-order valence-corrected chi connectivity index (χ0v) is 15.7. The highest BCUT2D eigenvalue weighted by Gasteiger charge is 2.33. The topological polar surface area (TPSA) is 76.9 Å². The van der Waals surface area contributed by atoms with Crippen molar-refractivity contribution in [2.24, 2.45) is 0 Å². The summed E-state index contributed by atoms with van der Waals surface area (Å²) in [6.07, 6.45) is -4.18. The van der Waals surface area contributed by atoms with Gasteiger partial charge in [0.1, 0.15) is 30.4 Å². The average molecular weight is 411 g/mol. The number of likely N-dealkylation sites (N-methyl/N-ethyl adjacent to an activating group) is 1. The van der Waals surface area contributed by atoms with Crippen LogP contribution in [0, 0.1) is 0 Å². The molecule has 0 aliphatic carbocycles. The lowest BCUT2D eigenvalue weighted by Gasteiger charge is -2.30. The third kappa shape index (κ3) is 4.08. The lowest BCUT2D eigenvalue weighted by molar-refractivity contribution is -0.137. The zero-order valence-electron chi connectivity index (χ0n) is 15.7. The number of phenols is 1. The first-order chi connectivity index (χ1) is 13.8. The second-order valence-corrected chi connectivity index (χ2v) is 7.04. The van der Waals surface area contributed by atoms with E-state index in [-0.39, 0.29) is 29.7 Å². The van der Waals surface area contributed by atoms with Crippen LogP contribution in [0.15, 0.2) is 18.2 Å². The summed E-state index contributed by atoms with van der Waals surface area (Å²) in [7, 11) is 2.01. The molecule has 7 nitrogen and oxygen atoms in total. The van der Waals surface area contributed by atoms with E-state index in [0.717, 1.165) is 25.2 Å². The first-order valence-corrected chi connectivity index (χ1v) is 9.19. The Morgan fingerprint density at radius 2 is 1.90 bits per heavy atom. The Balaban J connectivity index is 1.69. The summed E-state index contributed by atoms with van der Waals surface area (Å²) < 4.78 is 55.9. The fraction of sp³-hybridized carbons (Fsp3) is 0.474. The van der Waals surface area contributed by atoms with Gasteiger partial charge in [-0.3, -0.25) is 0 Å². The van der Waals surface area contributed by atoms with E-state index in [2.05, 4.69) is 15.1 Å². The van der Waals surface area contributed by atoms with Crippen LogP contribution >= 0.6 is 0 Å². The van der Waals surface area contributed by atoms with Crippen LogP contribution in [0.25, 0.3) is 11.3 Å². The molecule has 1 unspecified atom stereocenters. The Hall–Kier alpha value is -2.59. The van der Waals surface area contributed by atoms with Crippen LogP contribution in [-0.4, -0.2) is 66.3 Å². The van der Waals surface area contributed by atoms with Gasteiger partial charge in [0.05, 0.1) is 18.3 Å². The first-order valence-electron chi connectivity index (χ1n) is 9.19. The molecule has 2 aromatic rings. The molecule has 1 fully saturated rings. The minimum absolute atomic E-state index is 0.0806. The standard InChI is InChI=1S/C19H20F3N3O4/c1-25-4-5-27-12(10-25)9-14-17-18(29-7-6-28-17)16(24-23-14)13-3-2-11(8-15(13)26)19(20,21)22/h2-3,8,12,26H,4-7,9-10H2,1H3. The number of morpholine rings is 1. The molecule has 0 bridgehead atoms. The molecule has 2 aliphatic heterocycles. The highest BCUT2D eigenvalue weighted by atomic mass is 19.4. The largest absolute Gasteiger partial charge is 0.507 e. The normalized spacial score (nSPS) is 19.9. The number of fused-ring (bicyclic) bond motifs is 1. The van der Waals surface area contributed by atoms with Crippen LogP contribution in [0.1, 0.15) is 11.3 Å². The quantitative estimate of drug-likeness (QED) is 0.832. The lowest BCUT2D eigenvalue weighted by atomic mass is 10.0. The number of nitrogens with zero attached hydrogens (tertiary/aromatic N) is 3. The van der Waals surface area contributed by atoms with Gasteiger partial charge in [0.15, 0.2) is 11.5 Å². The fourth-order valence-electron chi connectivity index (χ4n) is 3.43. The highest BCUT2D eigenvalue weighted by Crippen LogP contribution is 2.44. The first kappa shape index (κ1) is 19.7. The zero-order chi connectivity index (χ0) is 20.6. The monoisotopic (exact) mass is 411 g/mol. The summed E-state index contributed by atoms with van der Waals surface area (Å²) in [5.74, 6) is 0.0911. The Labute approximate surface area is 165 Å². The molecule has 10 heteroatoms. The van der Waals surface area contributed by atoms with E-state index in [9.17, 15) is 18.3 Å². The molecule has 0 saturated carbocycles. The van der Waals surface area contributed by atoms with E-state index in [1.165, 1.54) is 0 Å². The van der Waals surface area contributed by atoms with E-state index in [4.69, 9.17) is 14.2 Å². The number of hydrogen-bond acceptors (Lipinski definition) is 7. The van der Waals surface area contributed by atoms with Crippen molar-refractivity contribution in [3.8, 4) is 28.5 Å². The van der Waals surface area contributed by atoms with Crippen LogP contribution in [0.4, 0.5) is 13.2 Å². The summed E-state index contributed by atoms with van der Waals surface area (Å²) in [5.41, 5.74) is -0.174. The van der Waals surface area contributed by atoms with Crippen LogP contribution in [0.3, 0.4) is 0 Å². The molecule has 29 heavy (non-hydrogen) atoms. The third-order valence-electron chi connectivity index (χ3n) is 4.87. The highest BCUT2D eigenvalue weighted by molar-refractivity contribution is 5.75. The second kappa shape index (κ2) is 7.68. The minimum atomic E-state index is -4.56. The minimum Gasteiger partial charge on any atom is -0.507 e. The Morgan fingerprint density at radius 3 is 2.59 bits per heavy atom. The third-order valence-corrected chi connectivity index (χ3v) is 4.87. The van der Waals surface area contributed by atoms with Crippen LogP contribution in [0.2, 0.25) is 0 Å². The molecule has 3 heterocycles. The number of ether oxygens (including phenoxy) is 3. The van der Waals surface area contributed by atoms with Gasteiger partial charge in [0.25, 0.3) is 0 Å². The summed E-state index contributed by atoms with van der Waals surface area (Å²) >= 11 is 0. The Kier molecular flexibility index (Phi) is 5.22. The summed E-state index contributed by atoms with van der Waals surface area (Å²) in [6, 6.07) is 2.69. The average Bonchev–Trinajstić information content (AvgIpc) is 2.68. The van der Waals surface area contributed by atoms with Gasteiger partial charge in [0.2, 0.25) is 0 Å². The number of aromatic nitrogens is 2. The van der Waals surface area contributed by atoms with E-state index in [1.54, 1.807) is 0 Å². The van der Waals surface area contributed by atoms with Crippen molar-refractivity contribution in [1.29, 1.82) is 0 Å². The van der Waals surface area contributed by atoms with Gasteiger partial charge in [-0.1, -0.05) is 0 Å². The molecule has 2 aliphatic rings. The van der Waals surface area contributed by atoms with E-state index in [0.29, 0.717) is 37.1 Å². The lowest BCUT2D eigenvalue weighted by Crippen LogP contribution is -2.41. The van der Waals surface area contributed by atoms with Crippen molar-refractivity contribution >= 4 is 0 Å². The van der Waals surface area contributed by atoms with Crippen LogP contribution in [0.5, 0.6) is 17.2 Å². The number of aromatic hydroxyl groups is 1. The Bertz CT molecular complexity index is 907. The fourth-order valence-corrected chi connectivity index (χ4v) is 3.43. The number of rotatable bonds is 3. The summed E-state index contributed by atoms with van der Waals surface area (Å²) in [6.45, 7) is 2.78. The molecule has 156 valence electrons. The molecule has 0 radical (unpaired) electrons. The smallest absolute Gasteiger partial charge is 0.416 e. The molecule has 1 saturated heterocycles. The van der Waals surface area contributed by atoms with E-state index >= 15 is 0 Å². The maximum atomic E-state index is 12.9. The van der Waals surface area contributed by atoms with Crippen molar-refractivity contribution in [2.45, 2.75) is 18.7 Å². The number of alkyl halides is 3. The van der Waals surface area contributed by atoms with Gasteiger partial charge in [-0.2, -0.15) is 18.3 Å². The van der Waals surface area contributed by atoms with Crippen LogP contribution in [-0.2, 0) is 17.3 Å². The van der Waals surface area contributed by atoms with Gasteiger partial charge < -0.3 is 24.2 Å². The summed E-state index contributed by atoms with van der Waals surface area (Å²) in [5, 5.41) is 18.5. The maximum absolute atomic E-state index is 12.9. The van der Waals surface area contributed by atoms with Gasteiger partial charge >= 0.3 is 6.18 Å². The molecular formula is C19H20F3N3O4. The number of hydrogen-bond donors (Lipinski definition) is 1. The van der Waals surface area contributed by atoms with E-state index < -0.39 is 17.5 Å². The van der Waals surface area contributed by atoms with Crippen molar-refractivity contribution < 1.29 is 32.5 Å². The molecule has 1 atom stereocenters. The number of halogens is 3. The molecule has 1 aromatic heterocycles. The van der Waals surface area contributed by atoms with E-state index in [1.807, 2.05) is 7.05 Å². The molecule has 1 N–H and O–H groups in total. The van der Waals surface area contributed by atoms with Crippen molar-refractivity contribution in [2.75, 3.05) is 40.0 Å². The molecular weight excluding hydrogens is 391 g/mol. The van der Waals surface area contributed by atoms with Crippen molar-refractivity contribution in [3.63, 3.8) is 0 Å². The number of phenolic OH excluding ortho intramolecular Hbond substituents is 1.